The first-order chi connectivity index (χ1) is 10.2. The topological polar surface area (TPSA) is 38.5 Å². The second kappa shape index (κ2) is 7.92. The number of rotatable bonds is 9. The van der Waals surface area contributed by atoms with Gasteiger partial charge in [-0.1, -0.05) is 38.1 Å². The summed E-state index contributed by atoms with van der Waals surface area (Å²) in [4.78, 5) is 2.46. The van der Waals surface area contributed by atoms with Crippen molar-refractivity contribution in [1.29, 1.82) is 0 Å². The van der Waals surface area contributed by atoms with Gasteiger partial charge in [-0.05, 0) is 35.8 Å². The Bertz CT molecular complexity index is 412. The van der Waals surface area contributed by atoms with E-state index in [9.17, 15) is 0 Å². The van der Waals surface area contributed by atoms with Crippen LogP contribution in [0.2, 0.25) is 0 Å². The molecule has 0 amide bonds. The van der Waals surface area contributed by atoms with Gasteiger partial charge in [-0.15, -0.1) is 0 Å². The van der Waals surface area contributed by atoms with Crippen LogP contribution in [0.3, 0.4) is 0 Å². The second-order valence-electron chi connectivity index (χ2n) is 6.57. The lowest BCUT2D eigenvalue weighted by Gasteiger charge is -2.32. The van der Waals surface area contributed by atoms with Crippen molar-refractivity contribution >= 4 is 0 Å². The third-order valence-electron chi connectivity index (χ3n) is 4.22. The summed E-state index contributed by atoms with van der Waals surface area (Å²) < 4.78 is 5.26. The van der Waals surface area contributed by atoms with E-state index in [0.29, 0.717) is 12.5 Å². The van der Waals surface area contributed by atoms with E-state index in [1.807, 2.05) is 0 Å². The zero-order valence-electron chi connectivity index (χ0n) is 13.7. The zero-order valence-corrected chi connectivity index (χ0v) is 13.7. The fraction of sp³-hybridized carbons (Fsp3) is 0.667. The Labute approximate surface area is 129 Å². The summed E-state index contributed by atoms with van der Waals surface area (Å²) >= 11 is 0. The monoisotopic (exact) mass is 290 g/mol. The SMILES string of the molecule is COCCN(CC(C)C)C(CN)c1ccc(C2CC2)cc1. The average molecular weight is 290 g/mol. The van der Waals surface area contributed by atoms with Crippen molar-refractivity contribution in [3.8, 4) is 0 Å². The average Bonchev–Trinajstić information content (AvgIpc) is 3.30. The normalized spacial score (nSPS) is 16.7. The van der Waals surface area contributed by atoms with E-state index in [1.54, 1.807) is 7.11 Å². The van der Waals surface area contributed by atoms with E-state index in [2.05, 4.69) is 43.0 Å². The zero-order chi connectivity index (χ0) is 15.2. The summed E-state index contributed by atoms with van der Waals surface area (Å²) in [5.74, 6) is 1.44. The number of nitrogens with zero attached hydrogens (tertiary/aromatic N) is 1. The van der Waals surface area contributed by atoms with Crippen LogP contribution in [0.25, 0.3) is 0 Å². The molecular formula is C18H30N2O. The predicted octanol–water partition coefficient (Wildman–Crippen LogP) is 3.17. The van der Waals surface area contributed by atoms with Crippen molar-refractivity contribution in [3.05, 3.63) is 35.4 Å². The molecule has 1 aliphatic rings. The van der Waals surface area contributed by atoms with Gasteiger partial charge in [0.1, 0.15) is 0 Å². The van der Waals surface area contributed by atoms with Crippen molar-refractivity contribution in [2.45, 2.75) is 38.6 Å². The molecule has 0 aliphatic heterocycles. The van der Waals surface area contributed by atoms with Crippen molar-refractivity contribution in [2.24, 2.45) is 11.7 Å². The van der Waals surface area contributed by atoms with Gasteiger partial charge in [-0.3, -0.25) is 4.90 Å². The Balaban J connectivity index is 2.09. The Morgan fingerprint density at radius 3 is 2.38 bits per heavy atom. The van der Waals surface area contributed by atoms with Crippen LogP contribution >= 0.6 is 0 Å². The van der Waals surface area contributed by atoms with Crippen LogP contribution in [0.1, 0.15) is 49.8 Å². The summed E-state index contributed by atoms with van der Waals surface area (Å²) in [5.41, 5.74) is 8.90. The largest absolute Gasteiger partial charge is 0.383 e. The van der Waals surface area contributed by atoms with Gasteiger partial charge in [0.15, 0.2) is 0 Å². The van der Waals surface area contributed by atoms with Gasteiger partial charge in [-0.2, -0.15) is 0 Å². The summed E-state index contributed by atoms with van der Waals surface area (Å²) in [5, 5.41) is 0. The van der Waals surface area contributed by atoms with E-state index < -0.39 is 0 Å². The smallest absolute Gasteiger partial charge is 0.0589 e. The minimum atomic E-state index is 0.288. The predicted molar refractivity (Wildman–Crippen MR) is 88.5 cm³/mol. The molecule has 2 rings (SSSR count). The number of ether oxygens (including phenoxy) is 1. The van der Waals surface area contributed by atoms with Gasteiger partial charge in [-0.25, -0.2) is 0 Å². The number of methoxy groups -OCH3 is 1. The molecule has 1 aromatic rings. The molecule has 0 saturated heterocycles. The van der Waals surface area contributed by atoms with Gasteiger partial charge >= 0.3 is 0 Å². The van der Waals surface area contributed by atoms with Crippen LogP contribution in [-0.2, 0) is 4.74 Å². The molecule has 1 fully saturated rings. The Kier molecular flexibility index (Phi) is 6.22. The highest BCUT2D eigenvalue weighted by molar-refractivity contribution is 5.30. The third kappa shape index (κ3) is 4.80. The molecule has 0 radical (unpaired) electrons. The molecule has 118 valence electrons. The van der Waals surface area contributed by atoms with Gasteiger partial charge in [0.05, 0.1) is 6.61 Å². The van der Waals surface area contributed by atoms with E-state index >= 15 is 0 Å². The summed E-state index contributed by atoms with van der Waals surface area (Å²) in [7, 11) is 1.76. The first kappa shape index (κ1) is 16.5. The summed E-state index contributed by atoms with van der Waals surface area (Å²) in [6, 6.07) is 9.41. The van der Waals surface area contributed by atoms with Crippen molar-refractivity contribution in [2.75, 3.05) is 33.4 Å². The van der Waals surface area contributed by atoms with Crippen LogP contribution in [-0.4, -0.2) is 38.3 Å². The van der Waals surface area contributed by atoms with E-state index in [0.717, 1.165) is 25.6 Å². The Morgan fingerprint density at radius 1 is 1.24 bits per heavy atom. The highest BCUT2D eigenvalue weighted by Crippen LogP contribution is 2.40. The quantitative estimate of drug-likeness (QED) is 0.759. The van der Waals surface area contributed by atoms with E-state index in [1.165, 1.54) is 24.0 Å². The number of nitrogens with two attached hydrogens (primary N) is 1. The lowest BCUT2D eigenvalue weighted by atomic mass is 10.0. The molecule has 0 aromatic heterocycles. The Hall–Kier alpha value is -0.900. The molecule has 21 heavy (non-hydrogen) atoms. The molecule has 0 spiro atoms. The lowest BCUT2D eigenvalue weighted by molar-refractivity contribution is 0.112. The third-order valence-corrected chi connectivity index (χ3v) is 4.22. The van der Waals surface area contributed by atoms with Gasteiger partial charge < -0.3 is 10.5 Å². The molecule has 3 nitrogen and oxygen atoms in total. The molecule has 0 bridgehead atoms. The fourth-order valence-electron chi connectivity index (χ4n) is 2.95. The molecule has 3 heteroatoms. The number of hydrogen-bond donors (Lipinski definition) is 1. The van der Waals surface area contributed by atoms with Crippen LogP contribution < -0.4 is 5.73 Å². The van der Waals surface area contributed by atoms with Crippen LogP contribution in [0, 0.1) is 5.92 Å². The molecule has 1 aromatic carbocycles. The van der Waals surface area contributed by atoms with Crippen molar-refractivity contribution in [3.63, 3.8) is 0 Å². The number of benzene rings is 1. The fourth-order valence-corrected chi connectivity index (χ4v) is 2.95. The summed E-state index contributed by atoms with van der Waals surface area (Å²) in [6.07, 6.45) is 2.71. The lowest BCUT2D eigenvalue weighted by Crippen LogP contribution is -2.38. The molecule has 2 N–H and O–H groups in total. The molecular weight excluding hydrogens is 260 g/mol. The van der Waals surface area contributed by atoms with Gasteiger partial charge in [0.2, 0.25) is 0 Å². The van der Waals surface area contributed by atoms with Crippen molar-refractivity contribution in [1.82, 2.24) is 4.90 Å². The molecule has 1 saturated carbocycles. The van der Waals surface area contributed by atoms with Crippen molar-refractivity contribution < 1.29 is 4.74 Å². The maximum absolute atomic E-state index is 6.08. The van der Waals surface area contributed by atoms with Crippen LogP contribution in [0.4, 0.5) is 0 Å². The minimum absolute atomic E-state index is 0.288. The van der Waals surface area contributed by atoms with Gasteiger partial charge in [0.25, 0.3) is 0 Å². The number of hydrogen-bond acceptors (Lipinski definition) is 3. The summed E-state index contributed by atoms with van der Waals surface area (Å²) in [6.45, 7) is 7.90. The molecule has 1 unspecified atom stereocenters. The second-order valence-corrected chi connectivity index (χ2v) is 6.57. The van der Waals surface area contributed by atoms with E-state index in [-0.39, 0.29) is 6.04 Å². The van der Waals surface area contributed by atoms with Crippen LogP contribution in [0.5, 0.6) is 0 Å². The highest BCUT2D eigenvalue weighted by atomic mass is 16.5. The van der Waals surface area contributed by atoms with Crippen LogP contribution in [0.15, 0.2) is 24.3 Å². The highest BCUT2D eigenvalue weighted by Gasteiger charge is 2.24. The molecule has 1 atom stereocenters. The molecule has 0 heterocycles. The maximum atomic E-state index is 6.08. The van der Waals surface area contributed by atoms with E-state index in [4.69, 9.17) is 10.5 Å². The first-order valence-electron chi connectivity index (χ1n) is 8.18. The first-order valence-corrected chi connectivity index (χ1v) is 8.18. The minimum Gasteiger partial charge on any atom is -0.383 e. The molecule has 1 aliphatic carbocycles. The van der Waals surface area contributed by atoms with Gasteiger partial charge in [0, 0.05) is 32.8 Å². The maximum Gasteiger partial charge on any atom is 0.0589 e. The Morgan fingerprint density at radius 2 is 1.90 bits per heavy atom. The standard InChI is InChI=1S/C18H30N2O/c1-14(2)13-20(10-11-21-3)18(12-19)17-8-6-16(7-9-17)15-4-5-15/h6-9,14-15,18H,4-5,10-13,19H2,1-3H3.